The molecule has 0 aliphatic rings. The van der Waals surface area contributed by atoms with Gasteiger partial charge in [0.15, 0.2) is 0 Å². The van der Waals surface area contributed by atoms with E-state index in [1.807, 2.05) is 6.92 Å². The van der Waals surface area contributed by atoms with Crippen molar-refractivity contribution in [1.82, 2.24) is 5.32 Å². The Labute approximate surface area is 59.4 Å². The molecule has 1 atom stereocenters. The first-order chi connectivity index (χ1) is 4.22. The summed E-state index contributed by atoms with van der Waals surface area (Å²) in [5.74, 6) is 0.760. The van der Waals surface area contributed by atoms with Gasteiger partial charge in [-0.2, -0.15) is 0 Å². The number of thioether (sulfide) groups is 1. The van der Waals surface area contributed by atoms with Crippen molar-refractivity contribution in [3.05, 3.63) is 0 Å². The first-order valence-corrected chi connectivity index (χ1v) is 3.86. The third kappa shape index (κ3) is 3.37. The molecule has 0 aromatic heterocycles. The van der Waals surface area contributed by atoms with Gasteiger partial charge >= 0.3 is 0 Å². The Kier molecular flexibility index (Phi) is 4.53. The molecule has 0 rings (SSSR count). The number of rotatable bonds is 3. The quantitative estimate of drug-likeness (QED) is 0.544. The van der Waals surface area contributed by atoms with Gasteiger partial charge in [0, 0.05) is 7.05 Å². The van der Waals surface area contributed by atoms with E-state index in [1.54, 1.807) is 7.05 Å². The molecule has 0 aliphatic carbocycles. The first-order valence-electron chi connectivity index (χ1n) is 2.81. The molecule has 0 saturated heterocycles. The van der Waals surface area contributed by atoms with Crippen molar-refractivity contribution in [2.45, 2.75) is 12.3 Å². The molecule has 1 amide bonds. The van der Waals surface area contributed by atoms with E-state index in [1.165, 1.54) is 11.8 Å². The molecule has 0 aliphatic heterocycles. The minimum Gasteiger partial charge on any atom is -0.357 e. The van der Waals surface area contributed by atoms with E-state index in [0.717, 1.165) is 5.75 Å². The predicted octanol–water partition coefficient (Wildman–Crippen LogP) is -0.230. The van der Waals surface area contributed by atoms with Crippen LogP contribution >= 0.6 is 11.8 Å². The van der Waals surface area contributed by atoms with Crippen molar-refractivity contribution >= 4 is 17.7 Å². The molecule has 9 heavy (non-hydrogen) atoms. The zero-order chi connectivity index (χ0) is 7.28. The lowest BCUT2D eigenvalue weighted by atomic mass is 10.6. The van der Waals surface area contributed by atoms with Gasteiger partial charge in [0.2, 0.25) is 5.91 Å². The molecule has 0 radical (unpaired) electrons. The lowest BCUT2D eigenvalue weighted by Gasteiger charge is -2.06. The normalized spacial score (nSPS) is 12.8. The molecule has 0 aromatic rings. The molecule has 0 heterocycles. The summed E-state index contributed by atoms with van der Waals surface area (Å²) in [5, 5.41) is 2.06. The van der Waals surface area contributed by atoms with Gasteiger partial charge in [-0.05, 0) is 5.75 Å². The topological polar surface area (TPSA) is 55.1 Å². The van der Waals surface area contributed by atoms with Crippen LogP contribution < -0.4 is 11.1 Å². The fourth-order valence-corrected chi connectivity index (χ4v) is 1.03. The summed E-state index contributed by atoms with van der Waals surface area (Å²) in [5.41, 5.74) is 5.39. The Hall–Kier alpha value is -0.220. The SMILES string of the molecule is CCSC(N)C(=O)NC. The minimum absolute atomic E-state index is 0.109. The van der Waals surface area contributed by atoms with Crippen LogP contribution in [0.5, 0.6) is 0 Å². The van der Waals surface area contributed by atoms with Gasteiger partial charge in [0.1, 0.15) is 5.37 Å². The second-order valence-corrected chi connectivity index (χ2v) is 2.91. The van der Waals surface area contributed by atoms with Crippen LogP contribution in [-0.4, -0.2) is 24.1 Å². The molecule has 0 bridgehead atoms. The van der Waals surface area contributed by atoms with Gasteiger partial charge in [0.25, 0.3) is 0 Å². The second kappa shape index (κ2) is 4.64. The third-order valence-corrected chi connectivity index (χ3v) is 1.76. The Morgan fingerprint density at radius 3 is 2.78 bits per heavy atom. The minimum atomic E-state index is -0.403. The molecule has 54 valence electrons. The highest BCUT2D eigenvalue weighted by molar-refractivity contribution is 8.00. The Morgan fingerprint density at radius 2 is 2.44 bits per heavy atom. The summed E-state index contributed by atoms with van der Waals surface area (Å²) in [4.78, 5) is 10.6. The average Bonchev–Trinajstić information content (AvgIpc) is 1.87. The molecular weight excluding hydrogens is 136 g/mol. The standard InChI is InChI=1S/C5H12N2OS/c1-3-9-4(6)5(8)7-2/h4H,3,6H2,1-2H3,(H,7,8). The number of hydrogen-bond donors (Lipinski definition) is 2. The number of carbonyl (C=O) groups excluding carboxylic acids is 1. The second-order valence-electron chi connectivity index (χ2n) is 1.49. The molecule has 4 heteroatoms. The van der Waals surface area contributed by atoms with Crippen LogP contribution in [0.25, 0.3) is 0 Å². The number of carbonyl (C=O) groups is 1. The maximum Gasteiger partial charge on any atom is 0.247 e. The smallest absolute Gasteiger partial charge is 0.247 e. The molecule has 0 spiro atoms. The third-order valence-electron chi connectivity index (χ3n) is 0.851. The van der Waals surface area contributed by atoms with Gasteiger partial charge in [-0.1, -0.05) is 6.92 Å². The largest absolute Gasteiger partial charge is 0.357 e. The monoisotopic (exact) mass is 148 g/mol. The highest BCUT2D eigenvalue weighted by Gasteiger charge is 2.08. The van der Waals surface area contributed by atoms with Gasteiger partial charge in [-0.15, -0.1) is 11.8 Å². The highest BCUT2D eigenvalue weighted by Crippen LogP contribution is 2.02. The lowest BCUT2D eigenvalue weighted by molar-refractivity contribution is -0.120. The molecule has 0 saturated carbocycles. The van der Waals surface area contributed by atoms with E-state index in [2.05, 4.69) is 5.32 Å². The van der Waals surface area contributed by atoms with E-state index in [0.29, 0.717) is 0 Å². The predicted molar refractivity (Wildman–Crippen MR) is 40.2 cm³/mol. The number of likely N-dealkylation sites (N-methyl/N-ethyl adjacent to an activating group) is 1. The van der Waals surface area contributed by atoms with Crippen molar-refractivity contribution < 1.29 is 4.79 Å². The van der Waals surface area contributed by atoms with E-state index in [9.17, 15) is 4.79 Å². The summed E-state index contributed by atoms with van der Waals surface area (Å²) in [6.45, 7) is 1.97. The zero-order valence-corrected chi connectivity index (χ0v) is 6.49. The van der Waals surface area contributed by atoms with Crippen molar-refractivity contribution in [2.24, 2.45) is 5.73 Å². The van der Waals surface area contributed by atoms with E-state index in [4.69, 9.17) is 5.73 Å². The molecule has 1 unspecified atom stereocenters. The van der Waals surface area contributed by atoms with Gasteiger partial charge in [0.05, 0.1) is 0 Å². The van der Waals surface area contributed by atoms with E-state index >= 15 is 0 Å². The van der Waals surface area contributed by atoms with E-state index < -0.39 is 5.37 Å². The molecular formula is C5H12N2OS. The van der Waals surface area contributed by atoms with Crippen LogP contribution in [0.3, 0.4) is 0 Å². The van der Waals surface area contributed by atoms with Gasteiger partial charge in [-0.3, -0.25) is 4.79 Å². The summed E-state index contributed by atoms with van der Waals surface area (Å²) in [6, 6.07) is 0. The van der Waals surface area contributed by atoms with Crippen molar-refractivity contribution in [2.75, 3.05) is 12.8 Å². The Balaban J connectivity index is 3.45. The fourth-order valence-electron chi connectivity index (χ4n) is 0.398. The summed E-state index contributed by atoms with van der Waals surface area (Å²) in [6.07, 6.45) is 0. The number of nitrogens with one attached hydrogen (secondary N) is 1. The van der Waals surface area contributed by atoms with Crippen LogP contribution in [0, 0.1) is 0 Å². The summed E-state index contributed by atoms with van der Waals surface area (Å²) < 4.78 is 0. The Bertz CT molecular complexity index is 97.0. The molecule has 3 nitrogen and oxygen atoms in total. The zero-order valence-electron chi connectivity index (χ0n) is 5.68. The number of hydrogen-bond acceptors (Lipinski definition) is 3. The molecule has 0 fully saturated rings. The average molecular weight is 148 g/mol. The summed E-state index contributed by atoms with van der Waals surface area (Å²) in [7, 11) is 1.58. The van der Waals surface area contributed by atoms with Crippen molar-refractivity contribution in [1.29, 1.82) is 0 Å². The lowest BCUT2D eigenvalue weighted by Crippen LogP contribution is -2.36. The van der Waals surface area contributed by atoms with E-state index in [-0.39, 0.29) is 5.91 Å². The number of nitrogens with two attached hydrogens (primary N) is 1. The Morgan fingerprint density at radius 1 is 1.89 bits per heavy atom. The summed E-state index contributed by atoms with van der Waals surface area (Å²) >= 11 is 1.43. The maximum absolute atomic E-state index is 10.6. The van der Waals surface area contributed by atoms with Crippen LogP contribution in [0.1, 0.15) is 6.92 Å². The van der Waals surface area contributed by atoms with Crippen LogP contribution in [0.15, 0.2) is 0 Å². The van der Waals surface area contributed by atoms with Crippen molar-refractivity contribution in [3.8, 4) is 0 Å². The van der Waals surface area contributed by atoms with Crippen LogP contribution in [0.2, 0.25) is 0 Å². The van der Waals surface area contributed by atoms with Gasteiger partial charge in [-0.25, -0.2) is 0 Å². The molecule has 0 aromatic carbocycles. The highest BCUT2D eigenvalue weighted by atomic mass is 32.2. The molecule has 3 N–H and O–H groups in total. The number of amides is 1. The van der Waals surface area contributed by atoms with Crippen molar-refractivity contribution in [3.63, 3.8) is 0 Å². The first kappa shape index (κ1) is 8.78. The fraction of sp³-hybridized carbons (Fsp3) is 0.800. The van der Waals surface area contributed by atoms with Gasteiger partial charge < -0.3 is 11.1 Å². The van der Waals surface area contributed by atoms with Crippen LogP contribution in [-0.2, 0) is 4.79 Å². The van der Waals surface area contributed by atoms with Crippen LogP contribution in [0.4, 0.5) is 0 Å². The maximum atomic E-state index is 10.6.